The summed E-state index contributed by atoms with van der Waals surface area (Å²) in [5.41, 5.74) is 3.81. The number of nitrogens with zero attached hydrogens (tertiary/aromatic N) is 1. The lowest BCUT2D eigenvalue weighted by atomic mass is 9.98. The average Bonchev–Trinajstić information content (AvgIpc) is 3.61. The van der Waals surface area contributed by atoms with Gasteiger partial charge < -0.3 is 0 Å². The molecule has 1 unspecified atom stereocenters. The van der Waals surface area contributed by atoms with Crippen molar-refractivity contribution in [2.75, 3.05) is 0 Å². The van der Waals surface area contributed by atoms with E-state index in [-0.39, 0.29) is 28.3 Å². The van der Waals surface area contributed by atoms with Gasteiger partial charge in [-0.3, -0.25) is 9.78 Å². The number of Topliss-reactive ketones (excluding diaryl/α,β-unsaturated/α-hetero) is 1. The molecule has 1 aliphatic carbocycles. The molecule has 1 saturated carbocycles. The molecule has 0 N–H and O–H groups in total. The molecule has 2 atom stereocenters. The van der Waals surface area contributed by atoms with Gasteiger partial charge in [0.05, 0.1) is 16.3 Å². The molecule has 33 heavy (non-hydrogen) atoms. The molecule has 166 valence electrons. The lowest BCUT2D eigenvalue weighted by Gasteiger charge is -2.07. The Hall–Kier alpha value is -3.31. The van der Waals surface area contributed by atoms with Crippen LogP contribution in [-0.4, -0.2) is 19.2 Å². The van der Waals surface area contributed by atoms with Crippen molar-refractivity contribution in [3.8, 4) is 0 Å². The first-order valence-electron chi connectivity index (χ1n) is 11.1. The van der Waals surface area contributed by atoms with Crippen molar-refractivity contribution < 1.29 is 13.2 Å². The number of aromatic nitrogens is 1. The Kier molecular flexibility index (Phi) is 5.59. The largest absolute Gasteiger partial charge is 0.299 e. The number of fused-ring (bicyclic) bond motifs is 1. The van der Waals surface area contributed by atoms with Gasteiger partial charge in [-0.2, -0.15) is 0 Å². The van der Waals surface area contributed by atoms with Crippen LogP contribution < -0.4 is 0 Å². The van der Waals surface area contributed by atoms with Gasteiger partial charge in [0.25, 0.3) is 0 Å². The lowest BCUT2D eigenvalue weighted by Crippen LogP contribution is -2.07. The van der Waals surface area contributed by atoms with E-state index < -0.39 is 9.84 Å². The third kappa shape index (κ3) is 4.60. The molecule has 1 heterocycles. The molecule has 0 saturated heterocycles. The SMILES string of the molecule is Cc1cccc2ccc(CC(=O)[C@@H]3CC3c3ccc(S(=O)(=O)Cc4ccccn4)cc3)cc12. The number of hydrogen-bond acceptors (Lipinski definition) is 4. The minimum Gasteiger partial charge on any atom is -0.299 e. The first-order chi connectivity index (χ1) is 15.9. The fraction of sp³-hybridized carbons (Fsp3) is 0.214. The van der Waals surface area contributed by atoms with E-state index in [0.717, 1.165) is 17.5 Å². The summed E-state index contributed by atoms with van der Waals surface area (Å²) in [7, 11) is -3.46. The minimum atomic E-state index is -3.46. The molecule has 5 heteroatoms. The van der Waals surface area contributed by atoms with Gasteiger partial charge in [-0.05, 0) is 71.0 Å². The second-order valence-electron chi connectivity index (χ2n) is 8.87. The summed E-state index contributed by atoms with van der Waals surface area (Å²) in [5, 5.41) is 2.38. The molecule has 0 aliphatic heterocycles. The number of benzene rings is 3. The summed E-state index contributed by atoms with van der Waals surface area (Å²) in [4.78, 5) is 17.3. The van der Waals surface area contributed by atoms with Gasteiger partial charge in [0.15, 0.2) is 9.84 Å². The number of sulfone groups is 1. The smallest absolute Gasteiger partial charge is 0.184 e. The van der Waals surface area contributed by atoms with Gasteiger partial charge >= 0.3 is 0 Å². The Balaban J connectivity index is 1.25. The van der Waals surface area contributed by atoms with Crippen LogP contribution in [0.2, 0.25) is 0 Å². The Bertz CT molecular complexity index is 1430. The van der Waals surface area contributed by atoms with Crippen LogP contribution in [0.1, 0.15) is 34.7 Å². The number of pyridine rings is 1. The van der Waals surface area contributed by atoms with Crippen molar-refractivity contribution >= 4 is 26.4 Å². The highest BCUT2D eigenvalue weighted by Crippen LogP contribution is 2.48. The highest BCUT2D eigenvalue weighted by molar-refractivity contribution is 7.90. The molecular formula is C28H25NO3S. The van der Waals surface area contributed by atoms with E-state index in [1.165, 1.54) is 16.3 Å². The Morgan fingerprint density at radius 3 is 2.55 bits per heavy atom. The highest BCUT2D eigenvalue weighted by Gasteiger charge is 2.43. The summed E-state index contributed by atoms with van der Waals surface area (Å²) in [5.74, 6) is 0.309. The fourth-order valence-electron chi connectivity index (χ4n) is 4.52. The molecular weight excluding hydrogens is 430 g/mol. The zero-order chi connectivity index (χ0) is 23.0. The maximum absolute atomic E-state index is 12.9. The van der Waals surface area contributed by atoms with E-state index in [1.54, 1.807) is 36.5 Å². The quantitative estimate of drug-likeness (QED) is 0.373. The lowest BCUT2D eigenvalue weighted by molar-refractivity contribution is -0.119. The second kappa shape index (κ2) is 8.56. The summed E-state index contributed by atoms with van der Waals surface area (Å²) in [6, 6.07) is 24.7. The summed E-state index contributed by atoms with van der Waals surface area (Å²) in [6.45, 7) is 2.09. The maximum atomic E-state index is 12.9. The van der Waals surface area contributed by atoms with E-state index >= 15 is 0 Å². The van der Waals surface area contributed by atoms with Crippen LogP contribution >= 0.6 is 0 Å². The number of carbonyl (C=O) groups is 1. The van der Waals surface area contributed by atoms with Gasteiger partial charge in [0, 0.05) is 18.5 Å². The second-order valence-corrected chi connectivity index (χ2v) is 10.9. The number of carbonyl (C=O) groups excluding carboxylic acids is 1. The zero-order valence-electron chi connectivity index (χ0n) is 18.4. The molecule has 1 aliphatic rings. The summed E-state index contributed by atoms with van der Waals surface area (Å²) >= 11 is 0. The first kappa shape index (κ1) is 21.5. The van der Waals surface area contributed by atoms with Crippen LogP contribution in [0.25, 0.3) is 10.8 Å². The van der Waals surface area contributed by atoms with Crippen molar-refractivity contribution in [1.82, 2.24) is 4.98 Å². The van der Waals surface area contributed by atoms with Crippen molar-refractivity contribution in [1.29, 1.82) is 0 Å². The molecule has 0 radical (unpaired) electrons. The van der Waals surface area contributed by atoms with Crippen LogP contribution in [0.5, 0.6) is 0 Å². The van der Waals surface area contributed by atoms with Crippen molar-refractivity contribution in [3.05, 3.63) is 107 Å². The predicted octanol–water partition coefficient (Wildman–Crippen LogP) is 5.43. The summed E-state index contributed by atoms with van der Waals surface area (Å²) in [6.07, 6.45) is 2.85. The zero-order valence-corrected chi connectivity index (χ0v) is 19.3. The molecule has 3 aromatic carbocycles. The number of rotatable bonds is 7. The van der Waals surface area contributed by atoms with Gasteiger partial charge in [-0.15, -0.1) is 0 Å². The first-order valence-corrected chi connectivity index (χ1v) is 12.8. The topological polar surface area (TPSA) is 64.1 Å². The molecule has 0 spiro atoms. The van der Waals surface area contributed by atoms with Crippen LogP contribution in [-0.2, 0) is 26.8 Å². The number of aryl methyl sites for hydroxylation is 1. The van der Waals surface area contributed by atoms with Crippen LogP contribution in [0, 0.1) is 12.8 Å². The Morgan fingerprint density at radius 2 is 1.79 bits per heavy atom. The van der Waals surface area contributed by atoms with Crippen molar-refractivity contribution in [2.24, 2.45) is 5.92 Å². The maximum Gasteiger partial charge on any atom is 0.184 e. The standard InChI is InChI=1S/C28H25NO3S/c1-19-5-4-6-21-9-8-20(15-25(19)21)16-28(30)27-17-26(27)22-10-12-24(13-11-22)33(31,32)18-23-7-2-3-14-29-23/h2-15,26-27H,16-18H2,1H3/t26?,27-/m1/s1. The van der Waals surface area contributed by atoms with Crippen LogP contribution in [0.4, 0.5) is 0 Å². The average molecular weight is 456 g/mol. The normalized spacial score (nSPS) is 17.7. The molecule has 0 bridgehead atoms. The molecule has 1 aromatic heterocycles. The van der Waals surface area contributed by atoms with Gasteiger partial charge in [-0.25, -0.2) is 8.42 Å². The molecule has 4 aromatic rings. The van der Waals surface area contributed by atoms with E-state index in [2.05, 4.69) is 36.2 Å². The van der Waals surface area contributed by atoms with Gasteiger partial charge in [0.1, 0.15) is 5.78 Å². The number of hydrogen-bond donors (Lipinski definition) is 0. The monoisotopic (exact) mass is 455 g/mol. The third-order valence-corrected chi connectivity index (χ3v) is 8.14. The van der Waals surface area contributed by atoms with E-state index in [9.17, 15) is 13.2 Å². The van der Waals surface area contributed by atoms with E-state index in [4.69, 9.17) is 0 Å². The molecule has 4 nitrogen and oxygen atoms in total. The van der Waals surface area contributed by atoms with Crippen molar-refractivity contribution in [2.45, 2.75) is 36.3 Å². The third-order valence-electron chi connectivity index (χ3n) is 6.48. The Morgan fingerprint density at radius 1 is 0.970 bits per heavy atom. The molecule has 1 fully saturated rings. The predicted molar refractivity (Wildman–Crippen MR) is 130 cm³/mol. The Labute approximate surface area is 194 Å². The minimum absolute atomic E-state index is 0.00791. The number of ketones is 1. The molecule has 0 amide bonds. The van der Waals surface area contributed by atoms with Gasteiger partial charge in [0.2, 0.25) is 0 Å². The van der Waals surface area contributed by atoms with Gasteiger partial charge in [-0.1, -0.05) is 54.6 Å². The van der Waals surface area contributed by atoms with E-state index in [1.807, 2.05) is 24.3 Å². The summed E-state index contributed by atoms with van der Waals surface area (Å²) < 4.78 is 25.4. The fourth-order valence-corrected chi connectivity index (χ4v) is 5.80. The molecule has 5 rings (SSSR count). The van der Waals surface area contributed by atoms with Crippen LogP contribution in [0.15, 0.2) is 90.0 Å². The highest BCUT2D eigenvalue weighted by atomic mass is 32.2. The van der Waals surface area contributed by atoms with Crippen molar-refractivity contribution in [3.63, 3.8) is 0 Å². The van der Waals surface area contributed by atoms with E-state index in [0.29, 0.717) is 12.1 Å². The van der Waals surface area contributed by atoms with Crippen LogP contribution in [0.3, 0.4) is 0 Å².